The molecule has 2 amide bonds. The topological polar surface area (TPSA) is 132 Å². The third-order valence-corrected chi connectivity index (χ3v) is 6.44. The van der Waals surface area contributed by atoms with Gasteiger partial charge in [0.2, 0.25) is 5.91 Å². The van der Waals surface area contributed by atoms with E-state index in [-0.39, 0.29) is 24.1 Å². The van der Waals surface area contributed by atoms with E-state index in [1.165, 1.54) is 24.7 Å². The molecule has 4 heterocycles. The molecule has 1 unspecified atom stereocenters. The maximum atomic E-state index is 13.8. The standard InChI is InChI=1S/C26H25FN8O2/c1-2-21(36)34-11-3-4-18(14-34)35-25-22(24(28)31-15-32-25)23(33-35)17-7-5-16(6-8-17)12-30-26(37)19-9-10-29-13-20(19)27/h2,5-10,13,15,18H,1,3-4,11-12,14H2,(H,30,37)(H2,28,31,32). The van der Waals surface area contributed by atoms with E-state index in [9.17, 15) is 14.0 Å². The number of aromatic nitrogens is 5. The summed E-state index contributed by atoms with van der Waals surface area (Å²) < 4.78 is 15.6. The smallest absolute Gasteiger partial charge is 0.254 e. The van der Waals surface area contributed by atoms with Crippen LogP contribution in [0.4, 0.5) is 10.2 Å². The molecule has 0 bridgehead atoms. The van der Waals surface area contributed by atoms with Gasteiger partial charge in [-0.25, -0.2) is 19.0 Å². The van der Waals surface area contributed by atoms with E-state index >= 15 is 0 Å². The summed E-state index contributed by atoms with van der Waals surface area (Å²) in [6.07, 6.45) is 6.79. The lowest BCUT2D eigenvalue weighted by Crippen LogP contribution is -2.40. The summed E-state index contributed by atoms with van der Waals surface area (Å²) in [6, 6.07) is 8.73. The number of nitrogen functional groups attached to an aromatic ring is 1. The molecule has 3 N–H and O–H groups in total. The second kappa shape index (κ2) is 10.1. The number of piperidine rings is 1. The van der Waals surface area contributed by atoms with Gasteiger partial charge in [0.05, 0.1) is 23.2 Å². The first kappa shape index (κ1) is 24.0. The number of anilines is 1. The minimum Gasteiger partial charge on any atom is -0.383 e. The zero-order valence-electron chi connectivity index (χ0n) is 20.0. The average Bonchev–Trinajstić information content (AvgIpc) is 3.33. The number of likely N-dealkylation sites (tertiary alicyclic amines) is 1. The number of nitrogens with zero attached hydrogens (tertiary/aromatic N) is 6. The van der Waals surface area contributed by atoms with Gasteiger partial charge in [0, 0.05) is 31.4 Å². The maximum Gasteiger partial charge on any atom is 0.254 e. The molecule has 10 nitrogen and oxygen atoms in total. The van der Waals surface area contributed by atoms with Gasteiger partial charge in [-0.05, 0) is 30.5 Å². The van der Waals surface area contributed by atoms with Crippen LogP contribution < -0.4 is 11.1 Å². The number of hydrogen-bond acceptors (Lipinski definition) is 7. The number of carbonyl (C=O) groups excluding carboxylic acids is 2. The van der Waals surface area contributed by atoms with Crippen LogP contribution in [0.25, 0.3) is 22.3 Å². The van der Waals surface area contributed by atoms with Crippen LogP contribution in [0.1, 0.15) is 34.8 Å². The van der Waals surface area contributed by atoms with E-state index in [4.69, 9.17) is 10.8 Å². The van der Waals surface area contributed by atoms with Crippen molar-refractivity contribution in [2.75, 3.05) is 18.8 Å². The second-order valence-corrected chi connectivity index (χ2v) is 8.77. The van der Waals surface area contributed by atoms with E-state index < -0.39 is 11.7 Å². The Kier molecular flexibility index (Phi) is 6.59. The van der Waals surface area contributed by atoms with Gasteiger partial charge in [0.15, 0.2) is 11.5 Å². The van der Waals surface area contributed by atoms with Crippen LogP contribution in [0, 0.1) is 5.82 Å². The highest BCUT2D eigenvalue weighted by Gasteiger charge is 2.28. The third-order valence-electron chi connectivity index (χ3n) is 6.44. The summed E-state index contributed by atoms with van der Waals surface area (Å²) >= 11 is 0. The summed E-state index contributed by atoms with van der Waals surface area (Å²) in [6.45, 7) is 4.99. The Labute approximate surface area is 212 Å². The first-order valence-electron chi connectivity index (χ1n) is 11.8. The predicted molar refractivity (Wildman–Crippen MR) is 136 cm³/mol. The molecule has 5 rings (SSSR count). The van der Waals surface area contributed by atoms with Crippen LogP contribution in [0.2, 0.25) is 0 Å². The zero-order chi connectivity index (χ0) is 25.9. The molecule has 188 valence electrons. The van der Waals surface area contributed by atoms with Crippen LogP contribution in [0.5, 0.6) is 0 Å². The fourth-order valence-corrected chi connectivity index (χ4v) is 4.55. The number of hydrogen-bond donors (Lipinski definition) is 2. The molecule has 0 spiro atoms. The molecule has 3 aromatic heterocycles. The largest absolute Gasteiger partial charge is 0.383 e. The molecular weight excluding hydrogens is 475 g/mol. The van der Waals surface area contributed by atoms with Gasteiger partial charge in [-0.15, -0.1) is 0 Å². The number of nitrogens with two attached hydrogens (primary N) is 1. The second-order valence-electron chi connectivity index (χ2n) is 8.77. The molecule has 0 radical (unpaired) electrons. The van der Waals surface area contributed by atoms with Crippen molar-refractivity contribution in [3.05, 3.63) is 78.7 Å². The van der Waals surface area contributed by atoms with Crippen LogP contribution >= 0.6 is 0 Å². The maximum absolute atomic E-state index is 13.8. The number of carbonyl (C=O) groups is 2. The molecule has 1 saturated heterocycles. The van der Waals surface area contributed by atoms with Crippen molar-refractivity contribution in [2.24, 2.45) is 0 Å². The molecule has 1 aliphatic heterocycles. The molecule has 0 aliphatic carbocycles. The predicted octanol–water partition coefficient (Wildman–Crippen LogP) is 2.89. The highest BCUT2D eigenvalue weighted by Crippen LogP contribution is 2.33. The van der Waals surface area contributed by atoms with Crippen molar-refractivity contribution in [3.63, 3.8) is 0 Å². The van der Waals surface area contributed by atoms with Gasteiger partial charge in [0.25, 0.3) is 5.91 Å². The fraction of sp³-hybridized carbons (Fsp3) is 0.231. The van der Waals surface area contributed by atoms with E-state index in [1.807, 2.05) is 28.9 Å². The molecule has 1 aliphatic rings. The van der Waals surface area contributed by atoms with Crippen molar-refractivity contribution in [1.29, 1.82) is 0 Å². The Morgan fingerprint density at radius 3 is 2.78 bits per heavy atom. The number of benzene rings is 1. The van der Waals surface area contributed by atoms with E-state index in [2.05, 4.69) is 26.8 Å². The fourth-order valence-electron chi connectivity index (χ4n) is 4.55. The summed E-state index contributed by atoms with van der Waals surface area (Å²) in [5.41, 5.74) is 9.06. The molecular formula is C26H25FN8O2. The summed E-state index contributed by atoms with van der Waals surface area (Å²) in [5, 5.41) is 8.23. The number of pyridine rings is 1. The van der Waals surface area contributed by atoms with Crippen molar-refractivity contribution < 1.29 is 14.0 Å². The number of halogens is 1. The van der Waals surface area contributed by atoms with Crippen LogP contribution in [-0.2, 0) is 11.3 Å². The summed E-state index contributed by atoms with van der Waals surface area (Å²) in [7, 11) is 0. The van der Waals surface area contributed by atoms with Crippen molar-refractivity contribution in [3.8, 4) is 11.3 Å². The number of fused-ring (bicyclic) bond motifs is 1. The average molecular weight is 501 g/mol. The zero-order valence-corrected chi connectivity index (χ0v) is 20.0. The molecule has 1 fully saturated rings. The molecule has 11 heteroatoms. The molecule has 1 atom stereocenters. The SMILES string of the molecule is C=CC(=O)N1CCCC(n2nc(-c3ccc(CNC(=O)c4ccncc4F)cc3)c3c(N)ncnc32)C1. The minimum absolute atomic E-state index is 0.0600. The summed E-state index contributed by atoms with van der Waals surface area (Å²) in [5.74, 6) is -0.982. The van der Waals surface area contributed by atoms with Crippen molar-refractivity contribution in [2.45, 2.75) is 25.4 Å². The van der Waals surface area contributed by atoms with Crippen molar-refractivity contribution >= 4 is 28.7 Å². The molecule has 37 heavy (non-hydrogen) atoms. The van der Waals surface area contributed by atoms with Crippen LogP contribution in [0.15, 0.2) is 61.7 Å². The van der Waals surface area contributed by atoms with Crippen LogP contribution in [0.3, 0.4) is 0 Å². The van der Waals surface area contributed by atoms with E-state index in [1.54, 1.807) is 4.90 Å². The number of amides is 2. The Morgan fingerprint density at radius 1 is 1.22 bits per heavy atom. The van der Waals surface area contributed by atoms with Gasteiger partial charge >= 0.3 is 0 Å². The Bertz CT molecular complexity index is 1480. The Hall–Kier alpha value is -4.67. The van der Waals surface area contributed by atoms with Gasteiger partial charge < -0.3 is 16.0 Å². The lowest BCUT2D eigenvalue weighted by atomic mass is 10.1. The van der Waals surface area contributed by atoms with Gasteiger partial charge in [-0.1, -0.05) is 30.8 Å². The number of rotatable bonds is 6. The summed E-state index contributed by atoms with van der Waals surface area (Å²) in [4.78, 5) is 38.5. The minimum atomic E-state index is -0.674. The Morgan fingerprint density at radius 2 is 2.03 bits per heavy atom. The molecule has 4 aromatic rings. The van der Waals surface area contributed by atoms with Gasteiger partial charge in [0.1, 0.15) is 17.8 Å². The third kappa shape index (κ3) is 4.75. The Balaban J connectivity index is 1.40. The lowest BCUT2D eigenvalue weighted by Gasteiger charge is -2.32. The molecule has 1 aromatic carbocycles. The monoisotopic (exact) mass is 500 g/mol. The first-order valence-corrected chi connectivity index (χ1v) is 11.8. The quantitative estimate of drug-likeness (QED) is 0.389. The lowest BCUT2D eigenvalue weighted by molar-refractivity contribution is -0.127. The van der Waals surface area contributed by atoms with Gasteiger partial charge in [-0.2, -0.15) is 5.10 Å². The highest BCUT2D eigenvalue weighted by atomic mass is 19.1. The highest BCUT2D eigenvalue weighted by molar-refractivity contribution is 5.98. The normalized spacial score (nSPS) is 15.5. The number of nitrogens with one attached hydrogen (secondary N) is 1. The van der Waals surface area contributed by atoms with E-state index in [0.29, 0.717) is 35.6 Å². The molecule has 0 saturated carbocycles. The van der Waals surface area contributed by atoms with Gasteiger partial charge in [-0.3, -0.25) is 14.6 Å². The van der Waals surface area contributed by atoms with Crippen molar-refractivity contribution in [1.82, 2.24) is 34.9 Å². The van der Waals surface area contributed by atoms with E-state index in [0.717, 1.165) is 30.2 Å². The first-order chi connectivity index (χ1) is 18.0. The van der Waals surface area contributed by atoms with Crippen LogP contribution in [-0.4, -0.2) is 54.5 Å².